The molecule has 1 heterocycles. The van der Waals surface area contributed by atoms with Gasteiger partial charge in [-0.1, -0.05) is 12.1 Å². The Morgan fingerprint density at radius 2 is 1.80 bits per heavy atom. The van der Waals surface area contributed by atoms with E-state index in [1.54, 1.807) is 30.5 Å². The molecule has 0 unspecified atom stereocenters. The second kappa shape index (κ2) is 7.27. The van der Waals surface area contributed by atoms with Crippen molar-refractivity contribution in [3.05, 3.63) is 66.7 Å². The van der Waals surface area contributed by atoms with Crippen LogP contribution in [-0.2, 0) is 16.6 Å². The summed E-state index contributed by atoms with van der Waals surface area (Å²) in [5, 5.41) is 8.33. The van der Waals surface area contributed by atoms with Crippen LogP contribution < -0.4 is 4.72 Å². The SMILES string of the molecule is CS(=O)(=O)Nc1ccc(CN=Nc2ccc(-c3cnco3)cc2)cc1. The van der Waals surface area contributed by atoms with Crippen LogP contribution in [0.5, 0.6) is 0 Å². The van der Waals surface area contributed by atoms with Crippen LogP contribution in [0.1, 0.15) is 5.56 Å². The lowest BCUT2D eigenvalue weighted by Gasteiger charge is -2.04. The molecule has 0 aliphatic rings. The van der Waals surface area contributed by atoms with Gasteiger partial charge in [-0.2, -0.15) is 10.2 Å². The molecule has 0 atom stereocenters. The van der Waals surface area contributed by atoms with Crippen molar-refractivity contribution in [2.75, 3.05) is 11.0 Å². The van der Waals surface area contributed by atoms with Crippen LogP contribution in [0.2, 0.25) is 0 Å². The van der Waals surface area contributed by atoms with E-state index in [2.05, 4.69) is 19.9 Å². The maximum atomic E-state index is 11.2. The third kappa shape index (κ3) is 4.98. The molecule has 0 bridgehead atoms. The quantitative estimate of drug-likeness (QED) is 0.675. The molecule has 0 radical (unpaired) electrons. The first-order chi connectivity index (χ1) is 12.0. The van der Waals surface area contributed by atoms with Gasteiger partial charge in [0, 0.05) is 11.3 Å². The van der Waals surface area contributed by atoms with E-state index in [4.69, 9.17) is 4.42 Å². The zero-order valence-electron chi connectivity index (χ0n) is 13.5. The molecule has 8 heteroatoms. The molecule has 0 aliphatic carbocycles. The Hall–Kier alpha value is -3.00. The summed E-state index contributed by atoms with van der Waals surface area (Å²) in [6, 6.07) is 14.5. The Bertz CT molecular complexity index is 948. The molecule has 1 aromatic heterocycles. The lowest BCUT2D eigenvalue weighted by molar-refractivity contribution is 0.572. The fraction of sp³-hybridized carbons (Fsp3) is 0.118. The number of benzene rings is 2. The summed E-state index contributed by atoms with van der Waals surface area (Å²) in [5.74, 6) is 0.700. The van der Waals surface area contributed by atoms with Crippen LogP contribution in [-0.4, -0.2) is 19.7 Å². The van der Waals surface area contributed by atoms with E-state index in [0.717, 1.165) is 23.1 Å². The molecule has 3 aromatic rings. The normalized spacial score (nSPS) is 11.7. The van der Waals surface area contributed by atoms with Crippen LogP contribution >= 0.6 is 0 Å². The van der Waals surface area contributed by atoms with Gasteiger partial charge >= 0.3 is 0 Å². The van der Waals surface area contributed by atoms with Gasteiger partial charge < -0.3 is 4.42 Å². The molecule has 0 fully saturated rings. The summed E-state index contributed by atoms with van der Waals surface area (Å²) in [4.78, 5) is 3.88. The lowest BCUT2D eigenvalue weighted by atomic mass is 10.2. The topological polar surface area (TPSA) is 96.9 Å². The minimum absolute atomic E-state index is 0.406. The molecular formula is C17H16N4O3S. The molecule has 3 rings (SSSR count). The van der Waals surface area contributed by atoms with E-state index in [1.807, 2.05) is 24.3 Å². The summed E-state index contributed by atoms with van der Waals surface area (Å²) in [5.41, 5.74) is 3.11. The first-order valence-corrected chi connectivity index (χ1v) is 9.32. The van der Waals surface area contributed by atoms with Crippen molar-refractivity contribution < 1.29 is 12.8 Å². The number of anilines is 1. The van der Waals surface area contributed by atoms with Crippen molar-refractivity contribution in [1.29, 1.82) is 0 Å². The van der Waals surface area contributed by atoms with Gasteiger partial charge in [0.05, 0.1) is 24.7 Å². The number of rotatable bonds is 6. The van der Waals surface area contributed by atoms with Crippen LogP contribution in [0, 0.1) is 0 Å². The van der Waals surface area contributed by atoms with Gasteiger partial charge in [0.2, 0.25) is 10.0 Å². The predicted octanol–water partition coefficient (Wildman–Crippen LogP) is 4.00. The number of aromatic nitrogens is 1. The van der Waals surface area contributed by atoms with Gasteiger partial charge in [-0.25, -0.2) is 13.4 Å². The Morgan fingerprint density at radius 3 is 2.40 bits per heavy atom. The third-order valence-corrected chi connectivity index (χ3v) is 3.89. The molecule has 0 spiro atoms. The van der Waals surface area contributed by atoms with E-state index in [9.17, 15) is 8.42 Å². The van der Waals surface area contributed by atoms with Crippen molar-refractivity contribution in [3.8, 4) is 11.3 Å². The van der Waals surface area contributed by atoms with Gasteiger partial charge in [0.25, 0.3) is 0 Å². The summed E-state index contributed by atoms with van der Waals surface area (Å²) in [6.07, 6.45) is 4.15. The first-order valence-electron chi connectivity index (χ1n) is 7.43. The minimum atomic E-state index is -3.27. The molecule has 0 aliphatic heterocycles. The monoisotopic (exact) mass is 356 g/mol. The van der Waals surface area contributed by atoms with E-state index >= 15 is 0 Å². The molecule has 128 valence electrons. The highest BCUT2D eigenvalue weighted by molar-refractivity contribution is 7.92. The predicted molar refractivity (Wildman–Crippen MR) is 95.1 cm³/mol. The highest BCUT2D eigenvalue weighted by Crippen LogP contribution is 2.22. The molecule has 25 heavy (non-hydrogen) atoms. The molecule has 1 N–H and O–H groups in total. The van der Waals surface area contributed by atoms with Crippen molar-refractivity contribution in [2.45, 2.75) is 6.54 Å². The molecule has 2 aromatic carbocycles. The van der Waals surface area contributed by atoms with Gasteiger partial charge in [-0.05, 0) is 42.0 Å². The fourth-order valence-corrected chi connectivity index (χ4v) is 2.71. The number of hydrogen-bond donors (Lipinski definition) is 1. The van der Waals surface area contributed by atoms with Crippen LogP contribution in [0.25, 0.3) is 11.3 Å². The van der Waals surface area contributed by atoms with Crippen LogP contribution in [0.4, 0.5) is 11.4 Å². The lowest BCUT2D eigenvalue weighted by Crippen LogP contribution is -2.09. The molecule has 0 saturated heterocycles. The average Bonchev–Trinajstić information content (AvgIpc) is 3.10. The molecule has 0 saturated carbocycles. The maximum Gasteiger partial charge on any atom is 0.229 e. The number of azo groups is 1. The summed E-state index contributed by atoms with van der Waals surface area (Å²) in [6.45, 7) is 0.406. The molecular weight excluding hydrogens is 340 g/mol. The van der Waals surface area contributed by atoms with E-state index < -0.39 is 10.0 Å². The van der Waals surface area contributed by atoms with Gasteiger partial charge in [0.15, 0.2) is 12.2 Å². The Morgan fingerprint density at radius 1 is 1.08 bits per heavy atom. The standard InChI is InChI=1S/C17H16N4O3S/c1-25(22,23)21-16-6-2-13(3-7-16)10-19-20-15-8-4-14(5-9-15)17-11-18-12-24-17/h2-9,11-12,21H,10H2,1H3. The number of nitrogens with zero attached hydrogens (tertiary/aromatic N) is 3. The number of sulfonamides is 1. The smallest absolute Gasteiger partial charge is 0.229 e. The Balaban J connectivity index is 1.59. The number of hydrogen-bond acceptors (Lipinski definition) is 6. The van der Waals surface area contributed by atoms with Crippen molar-refractivity contribution in [1.82, 2.24) is 4.98 Å². The fourth-order valence-electron chi connectivity index (χ4n) is 2.14. The van der Waals surface area contributed by atoms with Gasteiger partial charge in [0.1, 0.15) is 0 Å². The van der Waals surface area contributed by atoms with E-state index in [-0.39, 0.29) is 0 Å². The number of nitrogens with one attached hydrogen (secondary N) is 1. The number of oxazole rings is 1. The van der Waals surface area contributed by atoms with Gasteiger partial charge in [-0.3, -0.25) is 4.72 Å². The van der Waals surface area contributed by atoms with Crippen molar-refractivity contribution in [3.63, 3.8) is 0 Å². The van der Waals surface area contributed by atoms with E-state index in [1.165, 1.54) is 6.39 Å². The first kappa shape index (κ1) is 16.8. The van der Waals surface area contributed by atoms with Crippen LogP contribution in [0.3, 0.4) is 0 Å². The van der Waals surface area contributed by atoms with Gasteiger partial charge in [-0.15, -0.1) is 0 Å². The van der Waals surface area contributed by atoms with E-state index in [0.29, 0.717) is 18.0 Å². The second-order valence-electron chi connectivity index (χ2n) is 5.38. The Kier molecular flexibility index (Phi) is 4.90. The molecule has 7 nitrogen and oxygen atoms in total. The summed E-state index contributed by atoms with van der Waals surface area (Å²) < 4.78 is 30.0. The molecule has 0 amide bonds. The maximum absolute atomic E-state index is 11.2. The zero-order valence-corrected chi connectivity index (χ0v) is 14.3. The summed E-state index contributed by atoms with van der Waals surface area (Å²) in [7, 11) is -3.27. The van der Waals surface area contributed by atoms with Crippen LogP contribution in [0.15, 0.2) is 75.8 Å². The summed E-state index contributed by atoms with van der Waals surface area (Å²) >= 11 is 0. The zero-order chi connectivity index (χ0) is 17.7. The Labute approximate surface area is 145 Å². The van der Waals surface area contributed by atoms with Crippen molar-refractivity contribution >= 4 is 21.4 Å². The second-order valence-corrected chi connectivity index (χ2v) is 7.13. The highest BCUT2D eigenvalue weighted by Gasteiger charge is 2.02. The highest BCUT2D eigenvalue weighted by atomic mass is 32.2. The average molecular weight is 356 g/mol. The third-order valence-electron chi connectivity index (χ3n) is 3.28. The minimum Gasteiger partial charge on any atom is -0.444 e. The van der Waals surface area contributed by atoms with Crippen molar-refractivity contribution in [2.24, 2.45) is 10.2 Å². The largest absolute Gasteiger partial charge is 0.444 e.